The summed E-state index contributed by atoms with van der Waals surface area (Å²) in [5.41, 5.74) is 0. The lowest BCUT2D eigenvalue weighted by molar-refractivity contribution is -0.139. The van der Waals surface area contributed by atoms with Crippen molar-refractivity contribution in [3.63, 3.8) is 0 Å². The van der Waals surface area contributed by atoms with Crippen LogP contribution in [-0.2, 0) is 9.53 Å². The monoisotopic (exact) mass is 128 g/mol. The van der Waals surface area contributed by atoms with Crippen LogP contribution in [0.5, 0.6) is 0 Å². The highest BCUT2D eigenvalue weighted by Gasteiger charge is 1.96. The maximum absolute atomic E-state index is 10.5. The van der Waals surface area contributed by atoms with Gasteiger partial charge < -0.3 is 4.74 Å². The summed E-state index contributed by atoms with van der Waals surface area (Å²) in [6.45, 7) is 5.36. The van der Waals surface area contributed by atoms with Crippen molar-refractivity contribution in [2.45, 2.75) is 27.2 Å². The molecule has 2 heteroatoms. The summed E-state index contributed by atoms with van der Waals surface area (Å²) < 4.78 is 4.77. The van der Waals surface area contributed by atoms with Gasteiger partial charge in [0.2, 0.25) is 0 Å². The quantitative estimate of drug-likeness (QED) is 0.419. The second-order valence-corrected chi connectivity index (χ2v) is 1.73. The van der Waals surface area contributed by atoms with Crippen molar-refractivity contribution in [2.24, 2.45) is 0 Å². The van der Waals surface area contributed by atoms with E-state index in [2.05, 4.69) is 0 Å². The predicted molar refractivity (Wildman–Crippen MR) is 35.8 cm³/mol. The Morgan fingerprint density at radius 2 is 2.22 bits per heavy atom. The Balaban J connectivity index is 3.60. The zero-order valence-electron chi connectivity index (χ0n) is 6.10. The van der Waals surface area contributed by atoms with Crippen LogP contribution in [0, 0.1) is 0 Å². The molecule has 0 rings (SSSR count). The van der Waals surface area contributed by atoms with Crippen LogP contribution in [0.1, 0.15) is 27.2 Å². The van der Waals surface area contributed by atoms with E-state index in [9.17, 15) is 4.79 Å². The Hall–Kier alpha value is -0.790. The smallest absolute Gasteiger partial charge is 0.310 e. The lowest BCUT2D eigenvalue weighted by atomic mass is 10.5. The van der Waals surface area contributed by atoms with Crippen molar-refractivity contribution in [1.29, 1.82) is 0 Å². The minimum absolute atomic E-state index is 0.175. The summed E-state index contributed by atoms with van der Waals surface area (Å²) in [6.07, 6.45) is 2.19. The molecule has 0 spiro atoms. The molecule has 0 bridgehead atoms. The Bertz CT molecular complexity index is 125. The number of carbonyl (C=O) groups excluding carboxylic acids is 1. The van der Waals surface area contributed by atoms with Crippen molar-refractivity contribution in [3.05, 3.63) is 11.8 Å². The normalized spacial score (nSPS) is 11.2. The highest BCUT2D eigenvalue weighted by molar-refractivity contribution is 5.69. The standard InChI is InChI=1S/C7H12O2/c1-4-6(3)9-7(8)5-2/h4H,5H2,1-3H3/b6-4-. The van der Waals surface area contributed by atoms with Gasteiger partial charge in [-0.2, -0.15) is 0 Å². The van der Waals surface area contributed by atoms with E-state index < -0.39 is 0 Å². The lowest BCUT2D eigenvalue weighted by Gasteiger charge is -1.99. The first-order valence-corrected chi connectivity index (χ1v) is 3.04. The van der Waals surface area contributed by atoms with Crippen LogP contribution in [0.2, 0.25) is 0 Å². The molecule has 0 aromatic carbocycles. The fourth-order valence-corrected chi connectivity index (χ4v) is 0.311. The minimum atomic E-state index is -0.175. The van der Waals surface area contributed by atoms with E-state index in [-0.39, 0.29) is 5.97 Å². The largest absolute Gasteiger partial charge is 0.432 e. The van der Waals surface area contributed by atoms with Gasteiger partial charge in [-0.3, -0.25) is 4.79 Å². The zero-order chi connectivity index (χ0) is 7.28. The van der Waals surface area contributed by atoms with E-state index >= 15 is 0 Å². The summed E-state index contributed by atoms with van der Waals surface area (Å²) in [5.74, 6) is 0.493. The molecule has 0 heterocycles. The van der Waals surface area contributed by atoms with Crippen molar-refractivity contribution in [3.8, 4) is 0 Å². The molecular formula is C7H12O2. The first-order chi connectivity index (χ1) is 4.20. The van der Waals surface area contributed by atoms with Gasteiger partial charge in [0.1, 0.15) is 5.76 Å². The Labute approximate surface area is 55.5 Å². The van der Waals surface area contributed by atoms with E-state index in [0.29, 0.717) is 12.2 Å². The van der Waals surface area contributed by atoms with E-state index in [1.54, 1.807) is 19.9 Å². The molecule has 0 N–H and O–H groups in total. The van der Waals surface area contributed by atoms with Gasteiger partial charge in [-0.25, -0.2) is 0 Å². The van der Waals surface area contributed by atoms with Crippen molar-refractivity contribution < 1.29 is 9.53 Å². The van der Waals surface area contributed by atoms with Crippen molar-refractivity contribution >= 4 is 5.97 Å². The number of ether oxygens (including phenoxy) is 1. The van der Waals surface area contributed by atoms with Crippen LogP contribution >= 0.6 is 0 Å². The third kappa shape index (κ3) is 3.76. The van der Waals surface area contributed by atoms with E-state index in [1.807, 2.05) is 6.92 Å². The Morgan fingerprint density at radius 3 is 2.56 bits per heavy atom. The first kappa shape index (κ1) is 8.21. The van der Waals surface area contributed by atoms with Crippen LogP contribution < -0.4 is 0 Å². The number of esters is 1. The molecule has 2 nitrogen and oxygen atoms in total. The molecule has 0 unspecified atom stereocenters. The molecule has 52 valence electrons. The van der Waals surface area contributed by atoms with E-state index in [4.69, 9.17) is 4.74 Å². The first-order valence-electron chi connectivity index (χ1n) is 3.04. The van der Waals surface area contributed by atoms with Gasteiger partial charge >= 0.3 is 5.97 Å². The van der Waals surface area contributed by atoms with E-state index in [1.165, 1.54) is 0 Å². The Kier molecular flexibility index (Phi) is 3.76. The van der Waals surface area contributed by atoms with Gasteiger partial charge in [-0.15, -0.1) is 0 Å². The molecular weight excluding hydrogens is 116 g/mol. The summed E-state index contributed by atoms with van der Waals surface area (Å²) in [7, 11) is 0. The highest BCUT2D eigenvalue weighted by atomic mass is 16.5. The molecule has 0 amide bonds. The SMILES string of the molecule is C/C=C(/C)OC(=O)CC. The molecule has 0 aliphatic carbocycles. The van der Waals surface area contributed by atoms with Gasteiger partial charge in [0, 0.05) is 6.42 Å². The lowest BCUT2D eigenvalue weighted by Crippen LogP contribution is -1.99. The summed E-state index contributed by atoms with van der Waals surface area (Å²) >= 11 is 0. The molecule has 0 fully saturated rings. The zero-order valence-corrected chi connectivity index (χ0v) is 6.10. The minimum Gasteiger partial charge on any atom is -0.432 e. The highest BCUT2D eigenvalue weighted by Crippen LogP contribution is 1.96. The fraction of sp³-hybridized carbons (Fsp3) is 0.571. The number of hydrogen-bond donors (Lipinski definition) is 0. The second kappa shape index (κ2) is 4.13. The molecule has 0 saturated heterocycles. The third-order valence-electron chi connectivity index (χ3n) is 0.970. The number of allylic oxidation sites excluding steroid dienone is 2. The molecule has 0 aromatic heterocycles. The number of rotatable bonds is 2. The maximum Gasteiger partial charge on any atom is 0.310 e. The van der Waals surface area contributed by atoms with Crippen LogP contribution in [0.4, 0.5) is 0 Å². The predicted octanol–water partition coefficient (Wildman–Crippen LogP) is 1.86. The molecule has 0 radical (unpaired) electrons. The second-order valence-electron chi connectivity index (χ2n) is 1.73. The summed E-state index contributed by atoms with van der Waals surface area (Å²) in [4.78, 5) is 10.5. The average Bonchev–Trinajstić information content (AvgIpc) is 1.87. The van der Waals surface area contributed by atoms with Gasteiger partial charge in [0.25, 0.3) is 0 Å². The molecule has 0 atom stereocenters. The topological polar surface area (TPSA) is 26.3 Å². The van der Waals surface area contributed by atoms with Crippen molar-refractivity contribution in [1.82, 2.24) is 0 Å². The van der Waals surface area contributed by atoms with Crippen LogP contribution in [0.3, 0.4) is 0 Å². The van der Waals surface area contributed by atoms with Crippen molar-refractivity contribution in [2.75, 3.05) is 0 Å². The van der Waals surface area contributed by atoms with Gasteiger partial charge in [0.05, 0.1) is 0 Å². The van der Waals surface area contributed by atoms with Crippen LogP contribution in [0.25, 0.3) is 0 Å². The van der Waals surface area contributed by atoms with E-state index in [0.717, 1.165) is 0 Å². The molecule has 0 aliphatic rings. The maximum atomic E-state index is 10.5. The summed E-state index contributed by atoms with van der Waals surface area (Å²) in [6, 6.07) is 0. The van der Waals surface area contributed by atoms with Gasteiger partial charge in [0.15, 0.2) is 0 Å². The average molecular weight is 128 g/mol. The Morgan fingerprint density at radius 1 is 1.67 bits per heavy atom. The molecule has 0 aliphatic heterocycles. The third-order valence-corrected chi connectivity index (χ3v) is 0.970. The van der Waals surface area contributed by atoms with Gasteiger partial charge in [-0.1, -0.05) is 6.92 Å². The summed E-state index contributed by atoms with van der Waals surface area (Å²) in [5, 5.41) is 0. The fourth-order valence-electron chi connectivity index (χ4n) is 0.311. The number of carbonyl (C=O) groups is 1. The number of hydrogen-bond acceptors (Lipinski definition) is 2. The van der Waals surface area contributed by atoms with Crippen LogP contribution in [-0.4, -0.2) is 5.97 Å². The van der Waals surface area contributed by atoms with Gasteiger partial charge in [-0.05, 0) is 19.9 Å². The van der Waals surface area contributed by atoms with Crippen LogP contribution in [0.15, 0.2) is 11.8 Å². The molecule has 0 saturated carbocycles. The molecule has 0 aromatic rings. The molecule has 9 heavy (non-hydrogen) atoms.